The summed E-state index contributed by atoms with van der Waals surface area (Å²) >= 11 is 3.22. The van der Waals surface area contributed by atoms with E-state index in [4.69, 9.17) is 5.11 Å². The predicted molar refractivity (Wildman–Crippen MR) is 78.5 cm³/mol. The Balaban J connectivity index is 1.97. The number of benzene rings is 1. The number of carboxylic acids is 1. The fraction of sp³-hybridized carbons (Fsp3) is 0.167. The molecule has 0 amide bonds. The van der Waals surface area contributed by atoms with E-state index < -0.39 is 16.0 Å². The van der Waals surface area contributed by atoms with Crippen LogP contribution >= 0.6 is 15.9 Å². The molecule has 9 heteroatoms. The summed E-state index contributed by atoms with van der Waals surface area (Å²) in [5, 5.41) is 8.74. The molecule has 1 aromatic heterocycles. The van der Waals surface area contributed by atoms with Crippen molar-refractivity contribution < 1.29 is 18.3 Å². The largest absolute Gasteiger partial charge is 0.476 e. The van der Waals surface area contributed by atoms with E-state index in [2.05, 4.69) is 25.6 Å². The molecule has 0 bridgehead atoms. The summed E-state index contributed by atoms with van der Waals surface area (Å²) in [6, 6.07) is 6.36. The van der Waals surface area contributed by atoms with E-state index in [-0.39, 0.29) is 23.7 Å². The summed E-state index contributed by atoms with van der Waals surface area (Å²) in [5.41, 5.74) is -0.0788. The van der Waals surface area contributed by atoms with Gasteiger partial charge in [-0.15, -0.1) is 0 Å². The fourth-order valence-electron chi connectivity index (χ4n) is 1.62. The summed E-state index contributed by atoms with van der Waals surface area (Å²) in [4.78, 5) is 14.5. The van der Waals surface area contributed by atoms with E-state index in [1.165, 1.54) is 29.2 Å². The van der Waals surface area contributed by atoms with Crippen molar-refractivity contribution in [2.75, 3.05) is 6.54 Å². The topological polar surface area (TPSA) is 101 Å². The molecule has 21 heavy (non-hydrogen) atoms. The molecule has 0 fully saturated rings. The van der Waals surface area contributed by atoms with Gasteiger partial charge in [-0.25, -0.2) is 22.9 Å². The number of nitrogens with zero attached hydrogens (tertiary/aromatic N) is 2. The second-order valence-corrected chi connectivity index (χ2v) is 6.84. The number of aromatic carboxylic acids is 1. The van der Waals surface area contributed by atoms with Crippen LogP contribution in [0.15, 0.2) is 46.2 Å². The van der Waals surface area contributed by atoms with Crippen LogP contribution in [0.5, 0.6) is 0 Å². The van der Waals surface area contributed by atoms with Crippen LogP contribution in [0.1, 0.15) is 10.5 Å². The van der Waals surface area contributed by atoms with Gasteiger partial charge in [-0.1, -0.05) is 22.0 Å². The summed E-state index contributed by atoms with van der Waals surface area (Å²) in [6.07, 6.45) is 2.69. The van der Waals surface area contributed by atoms with E-state index in [1.807, 2.05) is 0 Å². The average molecular weight is 374 g/mol. The third kappa shape index (κ3) is 4.13. The number of halogens is 1. The second-order valence-electron chi connectivity index (χ2n) is 4.16. The van der Waals surface area contributed by atoms with Crippen molar-refractivity contribution in [1.82, 2.24) is 14.3 Å². The SMILES string of the molecule is O=C(O)c1cn(CCNS(=O)(=O)c2cccc(Br)c2)cn1. The molecule has 0 unspecified atom stereocenters. The van der Waals surface area contributed by atoms with E-state index in [0.29, 0.717) is 4.47 Å². The third-order valence-corrected chi connectivity index (χ3v) is 4.57. The van der Waals surface area contributed by atoms with E-state index in [9.17, 15) is 13.2 Å². The molecule has 2 aromatic rings. The molecule has 112 valence electrons. The Bertz CT molecular complexity index is 757. The average Bonchev–Trinajstić information content (AvgIpc) is 2.87. The van der Waals surface area contributed by atoms with Gasteiger partial charge in [0.05, 0.1) is 11.2 Å². The molecule has 0 saturated heterocycles. The van der Waals surface area contributed by atoms with Crippen molar-refractivity contribution in [2.24, 2.45) is 0 Å². The number of carboxylic acid groups (broad SMARTS) is 1. The number of sulfonamides is 1. The predicted octanol–water partition coefficient (Wildman–Crippen LogP) is 1.32. The summed E-state index contributed by atoms with van der Waals surface area (Å²) in [5.74, 6) is -1.12. The Morgan fingerprint density at radius 1 is 1.43 bits per heavy atom. The fourth-order valence-corrected chi connectivity index (χ4v) is 3.24. The molecule has 2 rings (SSSR count). The first kappa shape index (κ1) is 15.7. The number of hydrogen-bond acceptors (Lipinski definition) is 4. The molecule has 1 aromatic carbocycles. The Morgan fingerprint density at radius 2 is 2.19 bits per heavy atom. The molecule has 0 spiro atoms. The van der Waals surface area contributed by atoms with Crippen LogP contribution in [0.4, 0.5) is 0 Å². The minimum Gasteiger partial charge on any atom is -0.476 e. The number of aromatic nitrogens is 2. The molecular weight excluding hydrogens is 362 g/mol. The Morgan fingerprint density at radius 3 is 2.81 bits per heavy atom. The van der Waals surface area contributed by atoms with Gasteiger partial charge in [-0.2, -0.15) is 0 Å². The zero-order valence-electron chi connectivity index (χ0n) is 10.7. The molecule has 0 aliphatic heterocycles. The molecule has 0 aliphatic rings. The maximum atomic E-state index is 12.0. The van der Waals surface area contributed by atoms with Crippen LogP contribution in [0, 0.1) is 0 Å². The first-order valence-corrected chi connectivity index (χ1v) is 8.16. The minimum atomic E-state index is -3.59. The van der Waals surface area contributed by atoms with Crippen LogP contribution in [-0.4, -0.2) is 35.6 Å². The van der Waals surface area contributed by atoms with Gasteiger partial charge >= 0.3 is 5.97 Å². The third-order valence-electron chi connectivity index (χ3n) is 2.62. The quantitative estimate of drug-likeness (QED) is 0.794. The normalized spacial score (nSPS) is 11.5. The van der Waals surface area contributed by atoms with Gasteiger partial charge in [0.1, 0.15) is 0 Å². The van der Waals surface area contributed by atoms with Crippen molar-refractivity contribution in [2.45, 2.75) is 11.4 Å². The molecule has 0 radical (unpaired) electrons. The van der Waals surface area contributed by atoms with Gasteiger partial charge in [-0.05, 0) is 18.2 Å². The van der Waals surface area contributed by atoms with E-state index in [1.54, 1.807) is 12.1 Å². The lowest BCUT2D eigenvalue weighted by Gasteiger charge is -2.07. The van der Waals surface area contributed by atoms with Gasteiger partial charge in [0, 0.05) is 23.8 Å². The lowest BCUT2D eigenvalue weighted by molar-refractivity contribution is 0.0691. The molecular formula is C12H12BrN3O4S. The lowest BCUT2D eigenvalue weighted by atomic mass is 10.4. The Hall–Kier alpha value is -1.71. The van der Waals surface area contributed by atoms with Crippen LogP contribution in [-0.2, 0) is 16.6 Å². The van der Waals surface area contributed by atoms with Crippen molar-refractivity contribution in [1.29, 1.82) is 0 Å². The van der Waals surface area contributed by atoms with Crippen molar-refractivity contribution in [3.63, 3.8) is 0 Å². The molecule has 0 saturated carbocycles. The molecule has 0 aliphatic carbocycles. The van der Waals surface area contributed by atoms with Crippen molar-refractivity contribution in [3.8, 4) is 0 Å². The van der Waals surface area contributed by atoms with Crippen LogP contribution < -0.4 is 4.72 Å². The standard InChI is InChI=1S/C12H12BrN3O4S/c13-9-2-1-3-10(6-9)21(19,20)15-4-5-16-7-11(12(17)18)14-8-16/h1-3,6-8,15H,4-5H2,(H,17,18). The smallest absolute Gasteiger partial charge is 0.356 e. The first-order valence-electron chi connectivity index (χ1n) is 5.89. The Labute approximate surface area is 129 Å². The lowest BCUT2D eigenvalue weighted by Crippen LogP contribution is -2.27. The highest BCUT2D eigenvalue weighted by molar-refractivity contribution is 9.10. The van der Waals surface area contributed by atoms with Gasteiger partial charge < -0.3 is 9.67 Å². The van der Waals surface area contributed by atoms with Crippen LogP contribution in [0.25, 0.3) is 0 Å². The molecule has 0 atom stereocenters. The van der Waals surface area contributed by atoms with Gasteiger partial charge in [0.2, 0.25) is 10.0 Å². The van der Waals surface area contributed by atoms with Crippen LogP contribution in [0.3, 0.4) is 0 Å². The minimum absolute atomic E-state index is 0.0788. The highest BCUT2D eigenvalue weighted by Crippen LogP contribution is 2.15. The maximum absolute atomic E-state index is 12.0. The monoisotopic (exact) mass is 373 g/mol. The van der Waals surface area contributed by atoms with Crippen molar-refractivity contribution >= 4 is 31.9 Å². The summed E-state index contributed by atoms with van der Waals surface area (Å²) < 4.78 is 28.7. The van der Waals surface area contributed by atoms with Crippen LogP contribution in [0.2, 0.25) is 0 Å². The number of hydrogen-bond donors (Lipinski definition) is 2. The zero-order valence-corrected chi connectivity index (χ0v) is 13.1. The number of carbonyl (C=O) groups is 1. The van der Waals surface area contributed by atoms with Gasteiger partial charge in [-0.3, -0.25) is 0 Å². The highest BCUT2D eigenvalue weighted by Gasteiger charge is 2.13. The molecule has 7 nitrogen and oxygen atoms in total. The molecule has 2 N–H and O–H groups in total. The number of imidazole rings is 1. The summed E-state index contributed by atoms with van der Waals surface area (Å²) in [6.45, 7) is 0.414. The molecule has 1 heterocycles. The zero-order chi connectivity index (χ0) is 15.5. The van der Waals surface area contributed by atoms with Gasteiger partial charge in [0.15, 0.2) is 5.69 Å². The maximum Gasteiger partial charge on any atom is 0.356 e. The van der Waals surface area contributed by atoms with E-state index in [0.717, 1.165) is 0 Å². The first-order chi connectivity index (χ1) is 9.88. The summed E-state index contributed by atoms with van der Waals surface area (Å²) in [7, 11) is -3.59. The second kappa shape index (κ2) is 6.37. The number of nitrogens with one attached hydrogen (secondary N) is 1. The van der Waals surface area contributed by atoms with E-state index >= 15 is 0 Å². The van der Waals surface area contributed by atoms with Crippen molar-refractivity contribution in [3.05, 3.63) is 47.0 Å². The Kier molecular flexibility index (Phi) is 4.76. The number of rotatable bonds is 6. The highest BCUT2D eigenvalue weighted by atomic mass is 79.9. The van der Waals surface area contributed by atoms with Gasteiger partial charge in [0.25, 0.3) is 0 Å².